The number of amides is 1. The molecule has 2 aromatic rings. The molecule has 0 unspecified atom stereocenters. The predicted molar refractivity (Wildman–Crippen MR) is 108 cm³/mol. The first-order valence-electron chi connectivity index (χ1n) is 10.4. The van der Waals surface area contributed by atoms with E-state index >= 15 is 0 Å². The van der Waals surface area contributed by atoms with Gasteiger partial charge in [0, 0.05) is 58.7 Å². The van der Waals surface area contributed by atoms with Crippen molar-refractivity contribution < 1.29 is 9.53 Å². The van der Waals surface area contributed by atoms with E-state index in [-0.39, 0.29) is 11.9 Å². The van der Waals surface area contributed by atoms with Crippen LogP contribution in [0, 0.1) is 0 Å². The zero-order valence-electron chi connectivity index (χ0n) is 16.7. The van der Waals surface area contributed by atoms with Crippen LogP contribution in [0.4, 0.5) is 0 Å². The molecule has 2 aliphatic rings. The molecule has 2 aliphatic heterocycles. The average molecular weight is 383 g/mol. The molecule has 1 aromatic carbocycles. The van der Waals surface area contributed by atoms with Crippen LogP contribution in [0.1, 0.15) is 40.9 Å². The highest BCUT2D eigenvalue weighted by molar-refractivity contribution is 5.92. The maximum Gasteiger partial charge on any atom is 0.274 e. The first-order chi connectivity index (χ1) is 13.7. The maximum absolute atomic E-state index is 13.1. The molecule has 6 heteroatoms. The summed E-state index contributed by atoms with van der Waals surface area (Å²) in [7, 11) is 1.90. The third-order valence-electron chi connectivity index (χ3n) is 5.90. The van der Waals surface area contributed by atoms with Gasteiger partial charge in [-0.2, -0.15) is 0 Å². The summed E-state index contributed by atoms with van der Waals surface area (Å²) in [6, 6.07) is 8.99. The lowest BCUT2D eigenvalue weighted by Crippen LogP contribution is -2.45. The molecule has 1 fully saturated rings. The van der Waals surface area contributed by atoms with Crippen LogP contribution >= 0.6 is 0 Å². The number of hydrogen-bond acceptors (Lipinski definition) is 4. The van der Waals surface area contributed by atoms with Gasteiger partial charge in [0.1, 0.15) is 5.69 Å². The van der Waals surface area contributed by atoms with Crippen molar-refractivity contribution in [3.8, 4) is 0 Å². The maximum atomic E-state index is 13.1. The van der Waals surface area contributed by atoms with Crippen LogP contribution in [0.3, 0.4) is 0 Å². The molecule has 1 amide bonds. The second-order valence-corrected chi connectivity index (χ2v) is 7.91. The standard InChI is InChI=1S/C22H30N4O2/c1-24-16-21(23-17-24)22(27)26(20-8-13-28-14-9-20)11-4-10-25-12-7-18-5-2-3-6-19(18)15-25/h2-3,5-6,16-17,20H,4,7-15H2,1H3. The van der Waals surface area contributed by atoms with E-state index in [1.807, 2.05) is 22.7 Å². The fourth-order valence-electron chi connectivity index (χ4n) is 4.33. The molecular formula is C22H30N4O2. The van der Waals surface area contributed by atoms with Crippen molar-refractivity contribution in [2.24, 2.45) is 7.05 Å². The highest BCUT2D eigenvalue weighted by Gasteiger charge is 2.28. The minimum atomic E-state index is 0.0523. The second kappa shape index (κ2) is 8.88. The van der Waals surface area contributed by atoms with Gasteiger partial charge in [-0.15, -0.1) is 0 Å². The van der Waals surface area contributed by atoms with E-state index in [9.17, 15) is 4.79 Å². The van der Waals surface area contributed by atoms with Crippen LogP contribution in [-0.2, 0) is 24.8 Å². The molecule has 0 saturated carbocycles. The van der Waals surface area contributed by atoms with Gasteiger partial charge in [0.05, 0.1) is 6.33 Å². The molecule has 3 heterocycles. The normalized spacial score (nSPS) is 18.0. The van der Waals surface area contributed by atoms with Gasteiger partial charge in [0.2, 0.25) is 0 Å². The fourth-order valence-corrected chi connectivity index (χ4v) is 4.33. The lowest BCUT2D eigenvalue weighted by atomic mass is 10.00. The Hall–Kier alpha value is -2.18. The number of carbonyl (C=O) groups excluding carboxylic acids is 1. The van der Waals surface area contributed by atoms with Crippen molar-refractivity contribution in [3.63, 3.8) is 0 Å². The Morgan fingerprint density at radius 1 is 1.25 bits per heavy atom. The number of carbonyl (C=O) groups is 1. The zero-order valence-corrected chi connectivity index (χ0v) is 16.7. The number of aryl methyl sites for hydroxylation is 1. The van der Waals surface area contributed by atoms with Gasteiger partial charge in [-0.25, -0.2) is 4.98 Å². The summed E-state index contributed by atoms with van der Waals surface area (Å²) in [6.07, 6.45) is 7.44. The minimum absolute atomic E-state index is 0.0523. The van der Waals surface area contributed by atoms with Crippen LogP contribution in [0.15, 0.2) is 36.8 Å². The SMILES string of the molecule is Cn1cnc(C(=O)N(CCCN2CCc3ccccc3C2)C2CCOCC2)c1. The number of imidazole rings is 1. The Bertz CT molecular complexity index is 797. The largest absolute Gasteiger partial charge is 0.381 e. The highest BCUT2D eigenvalue weighted by Crippen LogP contribution is 2.20. The van der Waals surface area contributed by atoms with Crippen molar-refractivity contribution in [1.29, 1.82) is 0 Å². The Kier molecular flexibility index (Phi) is 6.07. The summed E-state index contributed by atoms with van der Waals surface area (Å²) < 4.78 is 7.34. The average Bonchev–Trinajstić information content (AvgIpc) is 3.18. The van der Waals surface area contributed by atoms with E-state index in [0.717, 1.165) is 65.1 Å². The topological polar surface area (TPSA) is 50.6 Å². The predicted octanol–water partition coefficient (Wildman–Crippen LogP) is 2.49. The van der Waals surface area contributed by atoms with Gasteiger partial charge in [0.15, 0.2) is 0 Å². The molecule has 0 atom stereocenters. The summed E-state index contributed by atoms with van der Waals surface area (Å²) in [5.74, 6) is 0.0523. The summed E-state index contributed by atoms with van der Waals surface area (Å²) >= 11 is 0. The van der Waals surface area contributed by atoms with E-state index in [1.165, 1.54) is 11.1 Å². The van der Waals surface area contributed by atoms with Gasteiger partial charge in [-0.1, -0.05) is 24.3 Å². The number of fused-ring (bicyclic) bond motifs is 1. The van der Waals surface area contributed by atoms with Crippen LogP contribution in [0.2, 0.25) is 0 Å². The molecular weight excluding hydrogens is 352 g/mol. The number of hydrogen-bond donors (Lipinski definition) is 0. The van der Waals surface area contributed by atoms with Gasteiger partial charge < -0.3 is 14.2 Å². The Morgan fingerprint density at radius 2 is 2.04 bits per heavy atom. The smallest absolute Gasteiger partial charge is 0.274 e. The van der Waals surface area contributed by atoms with Crippen molar-refractivity contribution in [1.82, 2.24) is 19.4 Å². The Labute approximate surface area is 167 Å². The van der Waals surface area contributed by atoms with Crippen LogP contribution in [0.25, 0.3) is 0 Å². The van der Waals surface area contributed by atoms with Crippen molar-refractivity contribution in [2.75, 3.05) is 32.8 Å². The molecule has 4 rings (SSSR count). The van der Waals surface area contributed by atoms with Gasteiger partial charge in [-0.05, 0) is 36.8 Å². The molecule has 150 valence electrons. The summed E-state index contributed by atoms with van der Waals surface area (Å²) in [6.45, 7) is 5.38. The molecule has 0 bridgehead atoms. The molecule has 0 N–H and O–H groups in total. The van der Waals surface area contributed by atoms with E-state index in [0.29, 0.717) is 5.69 Å². The van der Waals surface area contributed by atoms with Crippen molar-refractivity contribution in [2.45, 2.75) is 38.3 Å². The molecule has 0 spiro atoms. The van der Waals surface area contributed by atoms with Crippen LogP contribution < -0.4 is 0 Å². The Morgan fingerprint density at radius 3 is 2.79 bits per heavy atom. The van der Waals surface area contributed by atoms with E-state index in [1.54, 1.807) is 6.33 Å². The van der Waals surface area contributed by atoms with Gasteiger partial charge >= 0.3 is 0 Å². The number of rotatable bonds is 6. The first kappa shape index (κ1) is 19.2. The van der Waals surface area contributed by atoms with Crippen LogP contribution in [-0.4, -0.2) is 64.1 Å². The fraction of sp³-hybridized carbons (Fsp3) is 0.545. The number of nitrogens with zero attached hydrogens (tertiary/aromatic N) is 4. The molecule has 28 heavy (non-hydrogen) atoms. The first-order valence-corrected chi connectivity index (χ1v) is 10.4. The van der Waals surface area contributed by atoms with E-state index in [2.05, 4.69) is 34.1 Å². The molecule has 0 aliphatic carbocycles. The third-order valence-corrected chi connectivity index (χ3v) is 5.90. The Balaban J connectivity index is 1.36. The lowest BCUT2D eigenvalue weighted by Gasteiger charge is -2.35. The van der Waals surface area contributed by atoms with Crippen LogP contribution in [0.5, 0.6) is 0 Å². The quantitative estimate of drug-likeness (QED) is 0.770. The molecule has 1 aromatic heterocycles. The van der Waals surface area contributed by atoms with E-state index in [4.69, 9.17) is 4.74 Å². The zero-order chi connectivity index (χ0) is 19.3. The summed E-state index contributed by atoms with van der Waals surface area (Å²) in [5.41, 5.74) is 3.47. The number of aromatic nitrogens is 2. The summed E-state index contributed by atoms with van der Waals surface area (Å²) in [4.78, 5) is 21.9. The molecule has 6 nitrogen and oxygen atoms in total. The van der Waals surface area contributed by atoms with Crippen molar-refractivity contribution >= 4 is 5.91 Å². The van der Waals surface area contributed by atoms with Crippen molar-refractivity contribution in [3.05, 3.63) is 53.6 Å². The summed E-state index contributed by atoms with van der Waals surface area (Å²) in [5, 5.41) is 0. The number of ether oxygens (including phenoxy) is 1. The van der Waals surface area contributed by atoms with E-state index < -0.39 is 0 Å². The van der Waals surface area contributed by atoms with Gasteiger partial charge in [-0.3, -0.25) is 9.69 Å². The second-order valence-electron chi connectivity index (χ2n) is 7.91. The lowest BCUT2D eigenvalue weighted by molar-refractivity contribution is 0.0276. The minimum Gasteiger partial charge on any atom is -0.381 e. The number of benzene rings is 1. The molecule has 1 saturated heterocycles. The third kappa shape index (κ3) is 4.45. The monoisotopic (exact) mass is 382 g/mol. The molecule has 0 radical (unpaired) electrons. The van der Waals surface area contributed by atoms with Gasteiger partial charge in [0.25, 0.3) is 5.91 Å². The highest BCUT2D eigenvalue weighted by atomic mass is 16.5.